The molecule has 1 unspecified atom stereocenters. The number of hydrogen-bond acceptors (Lipinski definition) is 3. The van der Waals surface area contributed by atoms with Gasteiger partial charge in [0, 0.05) is 5.56 Å². The molecule has 0 saturated heterocycles. The van der Waals surface area contributed by atoms with Crippen LogP contribution in [-0.2, 0) is 5.60 Å². The van der Waals surface area contributed by atoms with E-state index in [2.05, 4.69) is 11.9 Å². The van der Waals surface area contributed by atoms with Crippen LogP contribution in [-0.4, -0.2) is 10.9 Å². The van der Waals surface area contributed by atoms with Crippen molar-refractivity contribution in [2.24, 2.45) is 10.7 Å². The van der Waals surface area contributed by atoms with Crippen molar-refractivity contribution >= 4 is 11.5 Å². The van der Waals surface area contributed by atoms with E-state index in [0.29, 0.717) is 12.3 Å². The van der Waals surface area contributed by atoms with E-state index >= 15 is 0 Å². The molecule has 1 heterocycles. The Kier molecular flexibility index (Phi) is 2.97. The van der Waals surface area contributed by atoms with Gasteiger partial charge in [-0.25, -0.2) is 4.99 Å². The molecule has 0 saturated carbocycles. The molecule has 16 heavy (non-hydrogen) atoms. The Morgan fingerprint density at radius 3 is 2.81 bits per heavy atom. The van der Waals surface area contributed by atoms with Gasteiger partial charge in [0.05, 0.1) is 5.69 Å². The highest BCUT2D eigenvalue weighted by atomic mass is 16.3. The summed E-state index contributed by atoms with van der Waals surface area (Å²) in [6.07, 6.45) is 3.87. The van der Waals surface area contributed by atoms with Crippen LogP contribution in [0.1, 0.15) is 38.2 Å². The number of hydrogen-bond donors (Lipinski definition) is 2. The van der Waals surface area contributed by atoms with Crippen molar-refractivity contribution in [2.75, 3.05) is 0 Å². The minimum absolute atomic E-state index is 0.338. The van der Waals surface area contributed by atoms with Gasteiger partial charge in [0.25, 0.3) is 0 Å². The summed E-state index contributed by atoms with van der Waals surface area (Å²) in [7, 11) is 0. The lowest BCUT2D eigenvalue weighted by Crippen LogP contribution is -2.38. The van der Waals surface area contributed by atoms with Gasteiger partial charge in [0.2, 0.25) is 0 Å². The lowest BCUT2D eigenvalue weighted by molar-refractivity contribution is 0.100. The second-order valence-electron chi connectivity index (χ2n) is 4.33. The van der Waals surface area contributed by atoms with Crippen molar-refractivity contribution < 1.29 is 5.11 Å². The van der Waals surface area contributed by atoms with Gasteiger partial charge in [-0.05, 0) is 18.9 Å². The molecule has 1 atom stereocenters. The molecule has 0 bridgehead atoms. The molecular formula is C13H18N2O. The molecule has 0 spiro atoms. The second kappa shape index (κ2) is 4.26. The predicted molar refractivity (Wildman–Crippen MR) is 65.8 cm³/mol. The van der Waals surface area contributed by atoms with E-state index in [1.54, 1.807) is 0 Å². The average Bonchev–Trinajstić information content (AvgIpc) is 2.53. The Morgan fingerprint density at radius 1 is 1.31 bits per heavy atom. The summed E-state index contributed by atoms with van der Waals surface area (Å²) in [5, 5.41) is 10.6. The third-order valence-corrected chi connectivity index (χ3v) is 3.16. The van der Waals surface area contributed by atoms with E-state index in [0.717, 1.165) is 30.5 Å². The second-order valence-corrected chi connectivity index (χ2v) is 4.33. The first-order valence-electron chi connectivity index (χ1n) is 5.85. The molecule has 2 rings (SSSR count). The van der Waals surface area contributed by atoms with E-state index in [1.165, 1.54) is 0 Å². The highest BCUT2D eigenvalue weighted by molar-refractivity contribution is 5.97. The quantitative estimate of drug-likeness (QED) is 0.763. The zero-order valence-electron chi connectivity index (χ0n) is 9.61. The number of aliphatic hydroxyl groups is 1. The SMILES string of the molecule is CCCCCC1(O)C(N)=Nc2ccccc21. The van der Waals surface area contributed by atoms with Gasteiger partial charge in [0.1, 0.15) is 11.4 Å². The van der Waals surface area contributed by atoms with Gasteiger partial charge in [-0.2, -0.15) is 0 Å². The zero-order chi connectivity index (χ0) is 11.6. The van der Waals surface area contributed by atoms with Crippen molar-refractivity contribution in [3.63, 3.8) is 0 Å². The van der Waals surface area contributed by atoms with Crippen LogP contribution in [0.25, 0.3) is 0 Å². The molecule has 1 aromatic rings. The largest absolute Gasteiger partial charge is 0.384 e. The van der Waals surface area contributed by atoms with E-state index in [9.17, 15) is 5.11 Å². The molecule has 3 nitrogen and oxygen atoms in total. The summed E-state index contributed by atoms with van der Waals surface area (Å²) in [5.41, 5.74) is 6.46. The Morgan fingerprint density at radius 2 is 2.06 bits per heavy atom. The molecule has 1 aliphatic rings. The summed E-state index contributed by atoms with van der Waals surface area (Å²) in [5.74, 6) is 0.338. The van der Waals surface area contributed by atoms with Crippen LogP contribution < -0.4 is 5.73 Å². The maximum absolute atomic E-state index is 10.6. The number of amidine groups is 1. The van der Waals surface area contributed by atoms with Crippen LogP contribution in [0.15, 0.2) is 29.3 Å². The normalized spacial score (nSPS) is 23.0. The summed E-state index contributed by atoms with van der Waals surface area (Å²) in [4.78, 5) is 4.23. The van der Waals surface area contributed by atoms with E-state index < -0.39 is 5.60 Å². The summed E-state index contributed by atoms with van der Waals surface area (Å²) in [6, 6.07) is 7.62. The van der Waals surface area contributed by atoms with Crippen molar-refractivity contribution in [3.05, 3.63) is 29.8 Å². The van der Waals surface area contributed by atoms with Crippen molar-refractivity contribution in [1.82, 2.24) is 0 Å². The first-order chi connectivity index (χ1) is 7.68. The molecule has 0 aliphatic carbocycles. The van der Waals surface area contributed by atoms with Gasteiger partial charge in [-0.1, -0.05) is 38.0 Å². The Bertz CT molecular complexity index is 414. The van der Waals surface area contributed by atoms with Crippen LogP contribution in [0.4, 0.5) is 5.69 Å². The fourth-order valence-corrected chi connectivity index (χ4v) is 2.17. The molecule has 1 aromatic carbocycles. The maximum atomic E-state index is 10.6. The van der Waals surface area contributed by atoms with Gasteiger partial charge in [0.15, 0.2) is 0 Å². The monoisotopic (exact) mass is 218 g/mol. The van der Waals surface area contributed by atoms with Gasteiger partial charge >= 0.3 is 0 Å². The minimum atomic E-state index is -1.04. The lowest BCUT2D eigenvalue weighted by atomic mass is 9.88. The minimum Gasteiger partial charge on any atom is -0.384 e. The van der Waals surface area contributed by atoms with Gasteiger partial charge in [-0.3, -0.25) is 0 Å². The molecule has 0 amide bonds. The molecule has 3 heteroatoms. The maximum Gasteiger partial charge on any atom is 0.148 e. The number of rotatable bonds is 4. The van der Waals surface area contributed by atoms with E-state index in [-0.39, 0.29) is 0 Å². The summed E-state index contributed by atoms with van der Waals surface area (Å²) < 4.78 is 0. The van der Waals surface area contributed by atoms with E-state index in [1.807, 2.05) is 24.3 Å². The number of benzene rings is 1. The van der Waals surface area contributed by atoms with Crippen molar-refractivity contribution in [1.29, 1.82) is 0 Å². The number of para-hydroxylation sites is 1. The third kappa shape index (κ3) is 1.71. The first kappa shape index (κ1) is 11.1. The fraction of sp³-hybridized carbons (Fsp3) is 0.462. The van der Waals surface area contributed by atoms with E-state index in [4.69, 9.17) is 5.73 Å². The summed E-state index contributed by atoms with van der Waals surface area (Å²) in [6.45, 7) is 2.14. The summed E-state index contributed by atoms with van der Waals surface area (Å²) >= 11 is 0. The number of nitrogens with zero attached hydrogens (tertiary/aromatic N) is 1. The number of nitrogens with two attached hydrogens (primary N) is 1. The predicted octanol–water partition coefficient (Wildman–Crippen LogP) is 2.46. The topological polar surface area (TPSA) is 58.6 Å². The number of unbranched alkanes of at least 4 members (excludes halogenated alkanes) is 2. The van der Waals surface area contributed by atoms with Crippen molar-refractivity contribution in [3.8, 4) is 0 Å². The number of aliphatic imine (C=N–C) groups is 1. The molecule has 0 fully saturated rings. The molecule has 1 aliphatic heterocycles. The fourth-order valence-electron chi connectivity index (χ4n) is 2.17. The van der Waals surface area contributed by atoms with Crippen LogP contribution >= 0.6 is 0 Å². The standard InChI is InChI=1S/C13H18N2O/c1-2-3-6-9-13(16)10-7-4-5-8-11(10)15-12(13)14/h4-5,7-8,16H,2-3,6,9H2,1H3,(H2,14,15). The molecule has 3 N–H and O–H groups in total. The van der Waals surface area contributed by atoms with Crippen molar-refractivity contribution in [2.45, 2.75) is 38.2 Å². The third-order valence-electron chi connectivity index (χ3n) is 3.16. The first-order valence-corrected chi connectivity index (χ1v) is 5.85. The molecule has 0 aromatic heterocycles. The smallest absolute Gasteiger partial charge is 0.148 e. The molecule has 0 radical (unpaired) electrons. The molecular weight excluding hydrogens is 200 g/mol. The van der Waals surface area contributed by atoms with Crippen LogP contribution in [0, 0.1) is 0 Å². The molecule has 86 valence electrons. The Labute approximate surface area is 96.0 Å². The Balaban J connectivity index is 2.24. The van der Waals surface area contributed by atoms with Crippen LogP contribution in [0.3, 0.4) is 0 Å². The van der Waals surface area contributed by atoms with Crippen LogP contribution in [0.2, 0.25) is 0 Å². The van der Waals surface area contributed by atoms with Gasteiger partial charge < -0.3 is 10.8 Å². The van der Waals surface area contributed by atoms with Crippen LogP contribution in [0.5, 0.6) is 0 Å². The highest BCUT2D eigenvalue weighted by Gasteiger charge is 2.39. The average molecular weight is 218 g/mol. The highest BCUT2D eigenvalue weighted by Crippen LogP contribution is 2.40. The van der Waals surface area contributed by atoms with Gasteiger partial charge in [-0.15, -0.1) is 0 Å². The lowest BCUT2D eigenvalue weighted by Gasteiger charge is -2.23. The number of fused-ring (bicyclic) bond motifs is 1. The Hall–Kier alpha value is -1.35. The zero-order valence-corrected chi connectivity index (χ0v) is 9.61.